The topological polar surface area (TPSA) is 78.4 Å². The van der Waals surface area contributed by atoms with Crippen molar-refractivity contribution in [1.82, 2.24) is 10.1 Å². The number of benzene rings is 1. The first-order valence-corrected chi connectivity index (χ1v) is 6.25. The zero-order valence-electron chi connectivity index (χ0n) is 10.4. The first-order chi connectivity index (χ1) is 9.71. The van der Waals surface area contributed by atoms with Gasteiger partial charge in [-0.25, -0.2) is 4.79 Å². The summed E-state index contributed by atoms with van der Waals surface area (Å²) in [6, 6.07) is 6.81. The number of hydrogen-bond acceptors (Lipinski definition) is 6. The summed E-state index contributed by atoms with van der Waals surface area (Å²) in [7, 11) is 1.54. The fraction of sp³-hybridized carbons (Fsp3) is 0.154. The molecule has 0 unspecified atom stereocenters. The van der Waals surface area contributed by atoms with E-state index in [4.69, 9.17) is 25.3 Å². The van der Waals surface area contributed by atoms with E-state index in [1.165, 1.54) is 0 Å². The second kappa shape index (κ2) is 4.97. The van der Waals surface area contributed by atoms with E-state index in [0.717, 1.165) is 5.39 Å². The van der Waals surface area contributed by atoms with Gasteiger partial charge in [-0.15, -0.1) is 11.6 Å². The van der Waals surface area contributed by atoms with Gasteiger partial charge in [0.1, 0.15) is 16.9 Å². The van der Waals surface area contributed by atoms with Gasteiger partial charge in [0.05, 0.1) is 13.0 Å². The lowest BCUT2D eigenvalue weighted by molar-refractivity contribution is 0.413. The average molecular weight is 293 g/mol. The highest BCUT2D eigenvalue weighted by Crippen LogP contribution is 2.23. The van der Waals surface area contributed by atoms with Crippen LogP contribution in [0, 0.1) is 0 Å². The van der Waals surface area contributed by atoms with E-state index < -0.39 is 5.63 Å². The minimum absolute atomic E-state index is 0.0899. The summed E-state index contributed by atoms with van der Waals surface area (Å²) < 4.78 is 15.3. The van der Waals surface area contributed by atoms with Crippen molar-refractivity contribution >= 4 is 22.6 Å². The Bertz CT molecular complexity index is 825. The largest absolute Gasteiger partial charge is 0.497 e. The van der Waals surface area contributed by atoms with E-state index in [9.17, 15) is 4.79 Å². The fourth-order valence-corrected chi connectivity index (χ4v) is 1.89. The van der Waals surface area contributed by atoms with Gasteiger partial charge in [-0.3, -0.25) is 0 Å². The molecular formula is C13H9ClN2O4. The van der Waals surface area contributed by atoms with E-state index in [2.05, 4.69) is 10.1 Å². The summed E-state index contributed by atoms with van der Waals surface area (Å²) in [5.41, 5.74) is 0.0669. The van der Waals surface area contributed by atoms with Crippen molar-refractivity contribution in [3.63, 3.8) is 0 Å². The van der Waals surface area contributed by atoms with Crippen molar-refractivity contribution in [2.24, 2.45) is 0 Å². The van der Waals surface area contributed by atoms with Gasteiger partial charge >= 0.3 is 5.63 Å². The molecular weight excluding hydrogens is 284 g/mol. The van der Waals surface area contributed by atoms with E-state index in [-0.39, 0.29) is 17.3 Å². The average Bonchev–Trinajstić information content (AvgIpc) is 2.94. The van der Waals surface area contributed by atoms with E-state index in [1.54, 1.807) is 31.4 Å². The van der Waals surface area contributed by atoms with Gasteiger partial charge in [-0.1, -0.05) is 5.16 Å². The Labute approximate surface area is 117 Å². The molecule has 0 saturated carbocycles. The maximum atomic E-state index is 12.0. The Morgan fingerprint density at radius 2 is 2.20 bits per heavy atom. The standard InChI is InChI=1S/C13H9ClN2O4/c1-18-8-3-2-7-4-9(13(17)19-10(7)5-8)12-15-11(6-14)16-20-12/h2-5H,6H2,1H3. The third-order valence-corrected chi connectivity index (χ3v) is 3.00. The van der Waals surface area contributed by atoms with Gasteiger partial charge < -0.3 is 13.7 Å². The van der Waals surface area contributed by atoms with Crippen LogP contribution in [0.4, 0.5) is 0 Å². The lowest BCUT2D eigenvalue weighted by Gasteiger charge is -2.02. The van der Waals surface area contributed by atoms with Crippen molar-refractivity contribution in [3.05, 3.63) is 40.5 Å². The van der Waals surface area contributed by atoms with Crippen LogP contribution in [0.15, 0.2) is 38.0 Å². The van der Waals surface area contributed by atoms with Crippen LogP contribution in [0.2, 0.25) is 0 Å². The molecule has 1 aromatic carbocycles. The molecule has 0 saturated heterocycles. The number of hydrogen-bond donors (Lipinski definition) is 0. The van der Waals surface area contributed by atoms with Gasteiger partial charge in [0.25, 0.3) is 5.89 Å². The molecule has 0 aliphatic carbocycles. The van der Waals surface area contributed by atoms with Crippen molar-refractivity contribution in [1.29, 1.82) is 0 Å². The lowest BCUT2D eigenvalue weighted by atomic mass is 10.2. The maximum Gasteiger partial charge on any atom is 0.349 e. The normalized spacial score (nSPS) is 10.9. The van der Waals surface area contributed by atoms with Gasteiger partial charge in [0.15, 0.2) is 5.82 Å². The summed E-state index contributed by atoms with van der Waals surface area (Å²) >= 11 is 5.60. The predicted octanol–water partition coefficient (Wildman–Crippen LogP) is 2.59. The molecule has 2 aromatic heterocycles. The fourth-order valence-electron chi connectivity index (χ4n) is 1.79. The third kappa shape index (κ3) is 2.14. The summed E-state index contributed by atoms with van der Waals surface area (Å²) in [6.45, 7) is 0. The highest BCUT2D eigenvalue weighted by atomic mass is 35.5. The quantitative estimate of drug-likeness (QED) is 0.545. The van der Waals surface area contributed by atoms with Crippen LogP contribution < -0.4 is 10.4 Å². The number of halogens is 1. The Hall–Kier alpha value is -2.34. The molecule has 20 heavy (non-hydrogen) atoms. The monoisotopic (exact) mass is 292 g/mol. The zero-order chi connectivity index (χ0) is 14.1. The maximum absolute atomic E-state index is 12.0. The Balaban J connectivity index is 2.17. The Kier molecular flexibility index (Phi) is 3.15. The Morgan fingerprint density at radius 3 is 2.90 bits per heavy atom. The SMILES string of the molecule is COc1ccc2cc(-c3nc(CCl)no3)c(=O)oc2c1. The van der Waals surface area contributed by atoms with Crippen LogP contribution in [0.1, 0.15) is 5.82 Å². The molecule has 0 aliphatic heterocycles. The van der Waals surface area contributed by atoms with Crippen molar-refractivity contribution in [3.8, 4) is 17.2 Å². The third-order valence-electron chi connectivity index (χ3n) is 2.76. The van der Waals surface area contributed by atoms with Crippen LogP contribution in [-0.4, -0.2) is 17.3 Å². The van der Waals surface area contributed by atoms with Crippen molar-refractivity contribution in [2.75, 3.05) is 7.11 Å². The molecule has 0 bridgehead atoms. The number of aromatic nitrogens is 2. The summed E-state index contributed by atoms with van der Waals surface area (Å²) in [6.07, 6.45) is 0. The molecule has 0 fully saturated rings. The van der Waals surface area contributed by atoms with Crippen molar-refractivity contribution < 1.29 is 13.7 Å². The molecule has 0 radical (unpaired) electrons. The van der Waals surface area contributed by atoms with E-state index in [1.807, 2.05) is 0 Å². The van der Waals surface area contributed by atoms with E-state index >= 15 is 0 Å². The van der Waals surface area contributed by atoms with E-state index in [0.29, 0.717) is 17.2 Å². The number of ether oxygens (including phenoxy) is 1. The molecule has 2 heterocycles. The summed E-state index contributed by atoms with van der Waals surface area (Å²) in [5.74, 6) is 1.12. The molecule has 0 amide bonds. The number of rotatable bonds is 3. The first-order valence-electron chi connectivity index (χ1n) is 5.72. The summed E-state index contributed by atoms with van der Waals surface area (Å²) in [5, 5.41) is 4.37. The lowest BCUT2D eigenvalue weighted by Crippen LogP contribution is -2.03. The predicted molar refractivity (Wildman–Crippen MR) is 71.9 cm³/mol. The highest BCUT2D eigenvalue weighted by Gasteiger charge is 2.15. The number of alkyl halides is 1. The van der Waals surface area contributed by atoms with Gasteiger partial charge in [0.2, 0.25) is 0 Å². The molecule has 0 N–H and O–H groups in total. The van der Waals surface area contributed by atoms with Gasteiger partial charge in [-0.05, 0) is 18.2 Å². The smallest absolute Gasteiger partial charge is 0.349 e. The Morgan fingerprint density at radius 1 is 1.35 bits per heavy atom. The second-order valence-electron chi connectivity index (χ2n) is 4.00. The highest BCUT2D eigenvalue weighted by molar-refractivity contribution is 6.16. The second-order valence-corrected chi connectivity index (χ2v) is 4.27. The van der Waals surface area contributed by atoms with Crippen molar-refractivity contribution in [2.45, 2.75) is 5.88 Å². The van der Waals surface area contributed by atoms with Crippen LogP contribution in [-0.2, 0) is 5.88 Å². The van der Waals surface area contributed by atoms with Crippen LogP contribution in [0.25, 0.3) is 22.4 Å². The molecule has 0 spiro atoms. The minimum Gasteiger partial charge on any atom is -0.497 e. The summed E-state index contributed by atoms with van der Waals surface area (Å²) in [4.78, 5) is 16.0. The molecule has 0 aliphatic rings. The molecule has 6 nitrogen and oxygen atoms in total. The molecule has 0 atom stereocenters. The van der Waals surface area contributed by atoms with Crippen LogP contribution >= 0.6 is 11.6 Å². The zero-order valence-corrected chi connectivity index (χ0v) is 11.2. The van der Waals surface area contributed by atoms with Gasteiger partial charge in [-0.2, -0.15) is 4.98 Å². The number of fused-ring (bicyclic) bond motifs is 1. The molecule has 7 heteroatoms. The first kappa shape index (κ1) is 12.7. The van der Waals surface area contributed by atoms with Crippen LogP contribution in [0.3, 0.4) is 0 Å². The molecule has 102 valence electrons. The number of methoxy groups -OCH3 is 1. The molecule has 3 rings (SSSR count). The van der Waals surface area contributed by atoms with Crippen LogP contribution in [0.5, 0.6) is 5.75 Å². The number of nitrogens with zero attached hydrogens (tertiary/aromatic N) is 2. The van der Waals surface area contributed by atoms with Gasteiger partial charge in [0, 0.05) is 11.5 Å². The molecule has 3 aromatic rings. The minimum atomic E-state index is -0.560.